The van der Waals surface area contributed by atoms with E-state index in [4.69, 9.17) is 0 Å². The van der Waals surface area contributed by atoms with Crippen LogP contribution in [0.1, 0.15) is 32.1 Å². The van der Waals surface area contributed by atoms with Gasteiger partial charge in [-0.25, -0.2) is 0 Å². The zero-order chi connectivity index (χ0) is 13.5. The normalized spacial score (nSPS) is 23.0. The highest BCUT2D eigenvalue weighted by molar-refractivity contribution is 5.85. The fourth-order valence-corrected chi connectivity index (χ4v) is 3.04. The molecule has 124 valence electrons. The first-order chi connectivity index (χ1) is 9.28. The number of carbonyl (C=O) groups is 1. The third-order valence-electron chi connectivity index (χ3n) is 4.28. The highest BCUT2D eigenvalue weighted by atomic mass is 35.5. The Morgan fingerprint density at radius 3 is 2.57 bits per heavy atom. The summed E-state index contributed by atoms with van der Waals surface area (Å²) in [6, 6.07) is 0.385. The maximum absolute atomic E-state index is 11.9. The molecule has 6 heteroatoms. The van der Waals surface area contributed by atoms with E-state index in [0.717, 1.165) is 52.0 Å². The Morgan fingerprint density at radius 2 is 2.00 bits per heavy atom. The van der Waals surface area contributed by atoms with Crippen LogP contribution in [0, 0.1) is 5.92 Å². The number of hydrogen-bond acceptors (Lipinski definition) is 3. The Bertz CT molecular complexity index is 301. The van der Waals surface area contributed by atoms with Crippen LogP contribution >= 0.6 is 24.8 Å². The summed E-state index contributed by atoms with van der Waals surface area (Å²) in [7, 11) is 0. The maximum Gasteiger partial charge on any atom is 0.220 e. The molecule has 2 aliphatic heterocycles. The highest BCUT2D eigenvalue weighted by Gasteiger charge is 2.21. The zero-order valence-electron chi connectivity index (χ0n) is 12.7. The van der Waals surface area contributed by atoms with Crippen molar-refractivity contribution in [3.63, 3.8) is 0 Å². The number of nitrogens with one attached hydrogen (secondary N) is 2. The van der Waals surface area contributed by atoms with Gasteiger partial charge in [0, 0.05) is 32.1 Å². The van der Waals surface area contributed by atoms with Crippen molar-refractivity contribution in [1.29, 1.82) is 0 Å². The van der Waals surface area contributed by atoms with E-state index in [9.17, 15) is 4.79 Å². The summed E-state index contributed by atoms with van der Waals surface area (Å²) in [6.07, 6.45) is 7.06. The fourth-order valence-electron chi connectivity index (χ4n) is 3.04. The lowest BCUT2D eigenvalue weighted by Gasteiger charge is -2.31. The van der Waals surface area contributed by atoms with Crippen LogP contribution in [0.5, 0.6) is 0 Å². The first-order valence-corrected chi connectivity index (χ1v) is 7.61. The molecule has 4 nitrogen and oxygen atoms in total. The lowest BCUT2D eigenvalue weighted by Crippen LogP contribution is -2.44. The number of hydrogen-bond donors (Lipinski definition) is 2. The summed E-state index contributed by atoms with van der Waals surface area (Å²) >= 11 is 0. The van der Waals surface area contributed by atoms with Gasteiger partial charge >= 0.3 is 0 Å². The molecule has 21 heavy (non-hydrogen) atoms. The molecule has 0 aromatic heterocycles. The molecule has 2 rings (SSSR count). The third-order valence-corrected chi connectivity index (χ3v) is 4.28. The second-order valence-electron chi connectivity index (χ2n) is 5.83. The first kappa shape index (κ1) is 20.7. The van der Waals surface area contributed by atoms with Crippen LogP contribution in [0.4, 0.5) is 0 Å². The second kappa shape index (κ2) is 11.3. The largest absolute Gasteiger partial charge is 0.353 e. The van der Waals surface area contributed by atoms with Crippen molar-refractivity contribution in [3.05, 3.63) is 12.7 Å². The van der Waals surface area contributed by atoms with E-state index in [-0.39, 0.29) is 30.7 Å². The average Bonchev–Trinajstić information content (AvgIpc) is 2.92. The molecular weight excluding hydrogens is 309 g/mol. The van der Waals surface area contributed by atoms with E-state index >= 15 is 0 Å². The minimum atomic E-state index is 0. The highest BCUT2D eigenvalue weighted by Crippen LogP contribution is 2.15. The van der Waals surface area contributed by atoms with E-state index in [0.29, 0.717) is 18.4 Å². The molecule has 0 aromatic rings. The van der Waals surface area contributed by atoms with Crippen LogP contribution < -0.4 is 10.6 Å². The maximum atomic E-state index is 11.9. The Balaban J connectivity index is 0.00000200. The van der Waals surface area contributed by atoms with Crippen LogP contribution in [0.3, 0.4) is 0 Å². The van der Waals surface area contributed by atoms with Crippen LogP contribution in [-0.4, -0.2) is 49.6 Å². The van der Waals surface area contributed by atoms with Gasteiger partial charge in [-0.05, 0) is 44.7 Å². The summed E-state index contributed by atoms with van der Waals surface area (Å²) in [5.41, 5.74) is 0. The van der Waals surface area contributed by atoms with Gasteiger partial charge in [0.25, 0.3) is 0 Å². The quantitative estimate of drug-likeness (QED) is 0.728. The minimum absolute atomic E-state index is 0. The van der Waals surface area contributed by atoms with Gasteiger partial charge in [0.05, 0.1) is 0 Å². The van der Waals surface area contributed by atoms with Gasteiger partial charge in [0.15, 0.2) is 0 Å². The molecule has 1 amide bonds. The lowest BCUT2D eigenvalue weighted by atomic mass is 10.0. The third kappa shape index (κ3) is 7.50. The topological polar surface area (TPSA) is 44.4 Å². The molecule has 1 atom stereocenters. The standard InChI is InChI=1S/C15H27N3O.2ClH/c1-2-9-18-10-6-14(7-11-18)17-15(19)4-3-13-5-8-16-12-13;;/h2,13-14,16H,1,3-12H2,(H,17,19);2*1H. The van der Waals surface area contributed by atoms with E-state index in [2.05, 4.69) is 22.1 Å². The monoisotopic (exact) mass is 337 g/mol. The summed E-state index contributed by atoms with van der Waals surface area (Å²) in [5, 5.41) is 6.54. The van der Waals surface area contributed by atoms with Crippen LogP contribution in [0.15, 0.2) is 12.7 Å². The Kier molecular flexibility index (Phi) is 11.1. The Labute approximate surface area is 140 Å². The van der Waals surface area contributed by atoms with E-state index in [1.54, 1.807) is 0 Å². The fraction of sp³-hybridized carbons (Fsp3) is 0.800. The van der Waals surface area contributed by atoms with Crippen molar-refractivity contribution in [3.8, 4) is 0 Å². The summed E-state index contributed by atoms with van der Waals surface area (Å²) in [4.78, 5) is 14.3. The summed E-state index contributed by atoms with van der Waals surface area (Å²) < 4.78 is 0. The molecule has 0 saturated carbocycles. The van der Waals surface area contributed by atoms with Gasteiger partial charge in [0.2, 0.25) is 5.91 Å². The smallest absolute Gasteiger partial charge is 0.220 e. The number of piperidine rings is 1. The van der Waals surface area contributed by atoms with Crippen LogP contribution in [0.25, 0.3) is 0 Å². The molecule has 0 aromatic carbocycles. The molecule has 0 aliphatic carbocycles. The van der Waals surface area contributed by atoms with Crippen LogP contribution in [0.2, 0.25) is 0 Å². The molecule has 0 radical (unpaired) electrons. The Hall–Kier alpha value is -0.290. The molecule has 1 unspecified atom stereocenters. The SMILES string of the molecule is C=CCN1CCC(NC(=O)CCC2CCNC2)CC1.Cl.Cl. The molecule has 0 spiro atoms. The predicted octanol–water partition coefficient (Wildman–Crippen LogP) is 1.99. The van der Waals surface area contributed by atoms with E-state index < -0.39 is 0 Å². The summed E-state index contributed by atoms with van der Waals surface area (Å²) in [6.45, 7) is 9.09. The molecule has 2 N–H and O–H groups in total. The molecule has 0 bridgehead atoms. The minimum Gasteiger partial charge on any atom is -0.353 e. The van der Waals surface area contributed by atoms with Gasteiger partial charge in [-0.15, -0.1) is 31.4 Å². The molecular formula is C15H29Cl2N3O. The van der Waals surface area contributed by atoms with Crippen molar-refractivity contribution in [1.82, 2.24) is 15.5 Å². The number of carbonyl (C=O) groups excluding carboxylic acids is 1. The van der Waals surface area contributed by atoms with Gasteiger partial charge in [0.1, 0.15) is 0 Å². The number of halogens is 2. The number of nitrogens with zero attached hydrogens (tertiary/aromatic N) is 1. The van der Waals surface area contributed by atoms with Gasteiger partial charge < -0.3 is 10.6 Å². The second-order valence-corrected chi connectivity index (χ2v) is 5.83. The predicted molar refractivity (Wildman–Crippen MR) is 92.5 cm³/mol. The van der Waals surface area contributed by atoms with Gasteiger partial charge in [-0.2, -0.15) is 0 Å². The van der Waals surface area contributed by atoms with Crippen molar-refractivity contribution in [2.45, 2.75) is 38.1 Å². The van der Waals surface area contributed by atoms with Crippen molar-refractivity contribution in [2.75, 3.05) is 32.7 Å². The number of amides is 1. The Morgan fingerprint density at radius 1 is 1.29 bits per heavy atom. The molecule has 2 heterocycles. The number of likely N-dealkylation sites (tertiary alicyclic amines) is 1. The van der Waals surface area contributed by atoms with E-state index in [1.165, 1.54) is 6.42 Å². The van der Waals surface area contributed by atoms with Gasteiger partial charge in [-0.1, -0.05) is 6.08 Å². The number of rotatable bonds is 6. The zero-order valence-corrected chi connectivity index (χ0v) is 14.3. The van der Waals surface area contributed by atoms with Crippen LogP contribution in [-0.2, 0) is 4.79 Å². The van der Waals surface area contributed by atoms with Crippen molar-refractivity contribution < 1.29 is 4.79 Å². The molecule has 2 fully saturated rings. The molecule has 2 aliphatic rings. The van der Waals surface area contributed by atoms with Gasteiger partial charge in [-0.3, -0.25) is 9.69 Å². The van der Waals surface area contributed by atoms with Crippen molar-refractivity contribution in [2.24, 2.45) is 5.92 Å². The average molecular weight is 338 g/mol. The first-order valence-electron chi connectivity index (χ1n) is 7.61. The lowest BCUT2D eigenvalue weighted by molar-refractivity contribution is -0.122. The van der Waals surface area contributed by atoms with Crippen molar-refractivity contribution >= 4 is 30.7 Å². The summed E-state index contributed by atoms with van der Waals surface area (Å²) in [5.74, 6) is 0.953. The van der Waals surface area contributed by atoms with E-state index in [1.807, 2.05) is 6.08 Å². The molecule has 2 saturated heterocycles.